The monoisotopic (exact) mass is 414 g/mol. The Bertz CT molecular complexity index is 960. The molecule has 0 aliphatic rings. The highest BCUT2D eigenvalue weighted by molar-refractivity contribution is 6.30. The normalized spacial score (nSPS) is 12.0. The molecule has 3 aromatic rings. The predicted octanol–water partition coefficient (Wildman–Crippen LogP) is 3.34. The number of hydrogen-bond donors (Lipinski definition) is 3. The number of aromatic amines is 1. The Kier molecular flexibility index (Phi) is 6.87. The summed E-state index contributed by atoms with van der Waals surface area (Å²) in [6.07, 6.45) is 2.14. The number of halogens is 1. The predicted molar refractivity (Wildman–Crippen MR) is 113 cm³/mol. The van der Waals surface area contributed by atoms with Gasteiger partial charge in [-0.2, -0.15) is 5.10 Å². The summed E-state index contributed by atoms with van der Waals surface area (Å²) in [5, 5.41) is 20.3. The van der Waals surface area contributed by atoms with E-state index in [1.54, 1.807) is 42.7 Å². The molecule has 0 radical (unpaired) electrons. The smallest absolute Gasteiger partial charge is 0.257 e. The molecule has 29 heavy (non-hydrogen) atoms. The van der Waals surface area contributed by atoms with Crippen LogP contribution >= 0.6 is 11.6 Å². The van der Waals surface area contributed by atoms with Gasteiger partial charge in [0.05, 0.1) is 11.9 Å². The second-order valence-electron chi connectivity index (χ2n) is 6.80. The average molecular weight is 415 g/mol. The third-order valence-electron chi connectivity index (χ3n) is 4.28. The van der Waals surface area contributed by atoms with Crippen LogP contribution in [-0.2, 0) is 4.79 Å². The zero-order valence-electron chi connectivity index (χ0n) is 16.2. The van der Waals surface area contributed by atoms with E-state index >= 15 is 0 Å². The van der Waals surface area contributed by atoms with E-state index < -0.39 is 12.0 Å². The molecular weight excluding hydrogens is 392 g/mol. The molecular formula is C21H23ClN4O3. The molecule has 3 rings (SSSR count). The standard InChI is InChI=1S/C21H23ClN4O3/c1-26(2)8-9-29-19-11-14(16-12-23-24-13-16)6-7-18(19)25-21(28)20(27)15-4-3-5-17(22)10-15/h3-7,10-13,20,27H,8-9H2,1-2H3,(H,23,24)(H,25,28). The van der Waals surface area contributed by atoms with Gasteiger partial charge in [0.1, 0.15) is 12.4 Å². The van der Waals surface area contributed by atoms with E-state index in [9.17, 15) is 9.90 Å². The van der Waals surface area contributed by atoms with Crippen molar-refractivity contribution in [3.05, 3.63) is 65.4 Å². The van der Waals surface area contributed by atoms with Crippen LogP contribution in [0.2, 0.25) is 5.02 Å². The topological polar surface area (TPSA) is 90.5 Å². The molecule has 152 valence electrons. The molecule has 0 aliphatic heterocycles. The molecule has 2 aromatic carbocycles. The molecule has 0 bridgehead atoms. The van der Waals surface area contributed by atoms with Crippen LogP contribution in [-0.4, -0.2) is 53.4 Å². The zero-order valence-corrected chi connectivity index (χ0v) is 17.0. The second kappa shape index (κ2) is 9.56. The summed E-state index contributed by atoms with van der Waals surface area (Å²) in [4.78, 5) is 14.6. The van der Waals surface area contributed by atoms with Gasteiger partial charge >= 0.3 is 0 Å². The number of aromatic nitrogens is 2. The van der Waals surface area contributed by atoms with Gasteiger partial charge in [-0.1, -0.05) is 29.8 Å². The van der Waals surface area contributed by atoms with Crippen molar-refractivity contribution in [2.24, 2.45) is 0 Å². The highest BCUT2D eigenvalue weighted by atomic mass is 35.5. The minimum Gasteiger partial charge on any atom is -0.490 e. The summed E-state index contributed by atoms with van der Waals surface area (Å²) in [5.41, 5.74) is 2.69. The maximum absolute atomic E-state index is 12.6. The fraction of sp³-hybridized carbons (Fsp3) is 0.238. The van der Waals surface area contributed by atoms with Crippen LogP contribution in [0.1, 0.15) is 11.7 Å². The quantitative estimate of drug-likeness (QED) is 0.526. The van der Waals surface area contributed by atoms with E-state index in [0.29, 0.717) is 35.2 Å². The first-order valence-corrected chi connectivity index (χ1v) is 9.47. The van der Waals surface area contributed by atoms with Crippen molar-refractivity contribution in [3.8, 4) is 16.9 Å². The number of hydrogen-bond acceptors (Lipinski definition) is 5. The number of benzene rings is 2. The minimum absolute atomic E-state index is 0.417. The Morgan fingerprint density at radius 3 is 2.79 bits per heavy atom. The van der Waals surface area contributed by atoms with E-state index in [2.05, 4.69) is 15.5 Å². The van der Waals surface area contributed by atoms with Crippen molar-refractivity contribution in [3.63, 3.8) is 0 Å². The first-order chi connectivity index (χ1) is 13.9. The van der Waals surface area contributed by atoms with Gasteiger partial charge in [0, 0.05) is 23.3 Å². The second-order valence-corrected chi connectivity index (χ2v) is 7.23. The lowest BCUT2D eigenvalue weighted by atomic mass is 10.1. The molecule has 0 spiro atoms. The fourth-order valence-corrected chi connectivity index (χ4v) is 2.90. The van der Waals surface area contributed by atoms with Crippen molar-refractivity contribution < 1.29 is 14.6 Å². The van der Waals surface area contributed by atoms with Crippen LogP contribution in [0.25, 0.3) is 11.1 Å². The molecule has 0 fully saturated rings. The highest BCUT2D eigenvalue weighted by Gasteiger charge is 2.19. The number of aliphatic hydroxyl groups is 1. The van der Waals surface area contributed by atoms with Gasteiger partial charge in [0.25, 0.3) is 5.91 Å². The Morgan fingerprint density at radius 2 is 2.10 bits per heavy atom. The Hall–Kier alpha value is -2.87. The third-order valence-corrected chi connectivity index (χ3v) is 4.51. The lowest BCUT2D eigenvalue weighted by Gasteiger charge is -2.17. The van der Waals surface area contributed by atoms with Gasteiger partial charge in [-0.15, -0.1) is 0 Å². The lowest BCUT2D eigenvalue weighted by Crippen LogP contribution is -2.22. The van der Waals surface area contributed by atoms with Crippen LogP contribution in [0.3, 0.4) is 0 Å². The molecule has 7 nitrogen and oxygen atoms in total. The van der Waals surface area contributed by atoms with Gasteiger partial charge < -0.3 is 20.1 Å². The molecule has 0 saturated heterocycles. The number of likely N-dealkylation sites (N-methyl/N-ethyl adjacent to an activating group) is 1. The van der Waals surface area contributed by atoms with Gasteiger partial charge in [0.2, 0.25) is 0 Å². The van der Waals surface area contributed by atoms with Crippen LogP contribution < -0.4 is 10.1 Å². The van der Waals surface area contributed by atoms with E-state index in [0.717, 1.165) is 11.1 Å². The number of carbonyl (C=O) groups is 1. The Morgan fingerprint density at radius 1 is 1.28 bits per heavy atom. The van der Waals surface area contributed by atoms with Gasteiger partial charge in [0.15, 0.2) is 6.10 Å². The number of rotatable bonds is 8. The molecule has 1 aromatic heterocycles. The fourth-order valence-electron chi connectivity index (χ4n) is 2.70. The third kappa shape index (κ3) is 5.57. The number of ether oxygens (including phenoxy) is 1. The summed E-state index contributed by atoms with van der Waals surface area (Å²) in [6, 6.07) is 12.0. The van der Waals surface area contributed by atoms with Crippen LogP contribution in [0, 0.1) is 0 Å². The van der Waals surface area contributed by atoms with Crippen LogP contribution in [0.15, 0.2) is 54.9 Å². The number of H-pyrrole nitrogens is 1. The number of nitrogens with one attached hydrogen (secondary N) is 2. The molecule has 1 unspecified atom stereocenters. The summed E-state index contributed by atoms with van der Waals surface area (Å²) >= 11 is 5.95. The highest BCUT2D eigenvalue weighted by Crippen LogP contribution is 2.31. The molecule has 3 N–H and O–H groups in total. The maximum Gasteiger partial charge on any atom is 0.257 e. The largest absolute Gasteiger partial charge is 0.490 e. The van der Waals surface area contributed by atoms with E-state index in [1.165, 1.54) is 0 Å². The summed E-state index contributed by atoms with van der Waals surface area (Å²) in [7, 11) is 3.91. The first-order valence-electron chi connectivity index (χ1n) is 9.09. The number of anilines is 1. The maximum atomic E-state index is 12.6. The molecule has 0 saturated carbocycles. The average Bonchev–Trinajstić information content (AvgIpc) is 3.23. The number of carbonyl (C=O) groups excluding carboxylic acids is 1. The van der Waals surface area contributed by atoms with E-state index in [1.807, 2.05) is 31.1 Å². The summed E-state index contributed by atoms with van der Waals surface area (Å²) in [6.45, 7) is 1.16. The number of aliphatic hydroxyl groups excluding tert-OH is 1. The van der Waals surface area contributed by atoms with E-state index in [-0.39, 0.29) is 0 Å². The SMILES string of the molecule is CN(C)CCOc1cc(-c2cn[nH]c2)ccc1NC(=O)C(O)c1cccc(Cl)c1. The molecule has 1 heterocycles. The Labute approximate surface area is 174 Å². The minimum atomic E-state index is -1.35. The summed E-state index contributed by atoms with van der Waals surface area (Å²) in [5.74, 6) is -0.0574. The van der Waals surface area contributed by atoms with Gasteiger partial charge in [-0.25, -0.2) is 0 Å². The van der Waals surface area contributed by atoms with Crippen molar-refractivity contribution in [1.29, 1.82) is 0 Å². The van der Waals surface area contributed by atoms with Crippen molar-refractivity contribution in [1.82, 2.24) is 15.1 Å². The van der Waals surface area contributed by atoms with Crippen LogP contribution in [0.5, 0.6) is 5.75 Å². The van der Waals surface area contributed by atoms with Gasteiger partial charge in [-0.05, 0) is 49.5 Å². The van der Waals surface area contributed by atoms with Crippen molar-refractivity contribution in [2.75, 3.05) is 32.6 Å². The summed E-state index contributed by atoms with van der Waals surface area (Å²) < 4.78 is 5.90. The lowest BCUT2D eigenvalue weighted by molar-refractivity contribution is -0.124. The Balaban J connectivity index is 1.81. The first kappa shape index (κ1) is 20.9. The molecule has 8 heteroatoms. The molecule has 1 amide bonds. The molecule has 1 atom stereocenters. The zero-order chi connectivity index (χ0) is 20.8. The van der Waals surface area contributed by atoms with Gasteiger partial charge in [-0.3, -0.25) is 9.89 Å². The van der Waals surface area contributed by atoms with Crippen molar-refractivity contribution in [2.45, 2.75) is 6.10 Å². The van der Waals surface area contributed by atoms with Crippen molar-refractivity contribution >= 4 is 23.2 Å². The number of nitrogens with zero attached hydrogens (tertiary/aromatic N) is 2. The molecule has 0 aliphatic carbocycles. The van der Waals surface area contributed by atoms with E-state index in [4.69, 9.17) is 16.3 Å². The number of amides is 1. The van der Waals surface area contributed by atoms with Crippen LogP contribution in [0.4, 0.5) is 5.69 Å².